The normalized spacial score (nSPS) is 14.0. The van der Waals surface area contributed by atoms with Gasteiger partial charge in [0.25, 0.3) is 0 Å². The average Bonchev–Trinajstić information content (AvgIpc) is 3.03. The monoisotopic (exact) mass is 705 g/mol. The molecule has 0 aliphatic heterocycles. The minimum absolute atomic E-state index is 0.0536. The highest BCUT2D eigenvalue weighted by molar-refractivity contribution is 7.47. The van der Waals surface area contributed by atoms with Gasteiger partial charge in [-0.25, -0.2) is 4.57 Å². The quantitative estimate of drug-likeness (QED) is 0.0226. The van der Waals surface area contributed by atoms with Crippen molar-refractivity contribution < 1.29 is 37.3 Å². The number of allylic oxidation sites excluding steroid dienone is 1. The zero-order valence-electron chi connectivity index (χ0n) is 32.2. The summed E-state index contributed by atoms with van der Waals surface area (Å²) < 4.78 is 34.6. The number of carbonyl (C=O) groups excluding carboxylic acids is 1. The lowest BCUT2D eigenvalue weighted by atomic mass is 10.0. The summed E-state index contributed by atoms with van der Waals surface area (Å²) in [6.45, 7) is 4.94. The highest BCUT2D eigenvalue weighted by atomic mass is 31.2. The van der Waals surface area contributed by atoms with E-state index in [4.69, 9.17) is 18.5 Å². The number of ether oxygens (including phenoxy) is 2. The largest absolute Gasteiger partial charge is 0.498 e. The Morgan fingerprint density at radius 1 is 0.646 bits per heavy atom. The lowest BCUT2D eigenvalue weighted by Gasteiger charge is -2.24. The number of nitrogens with zero attached hydrogens (tertiary/aromatic N) is 1. The van der Waals surface area contributed by atoms with Crippen LogP contribution in [0.4, 0.5) is 0 Å². The molecule has 0 aromatic rings. The molecule has 0 aliphatic carbocycles. The molecule has 1 unspecified atom stereocenters. The van der Waals surface area contributed by atoms with Gasteiger partial charge in [0.2, 0.25) is 0 Å². The number of rotatable bonds is 37. The molecule has 0 rings (SSSR count). The molecule has 0 saturated heterocycles. The molecular weight excluding hydrogens is 625 g/mol. The van der Waals surface area contributed by atoms with E-state index in [2.05, 4.69) is 13.8 Å². The molecule has 0 aromatic carbocycles. The molecule has 2 atom stereocenters. The summed E-state index contributed by atoms with van der Waals surface area (Å²) in [6.07, 6.45) is 34.7. The van der Waals surface area contributed by atoms with Gasteiger partial charge in [0, 0.05) is 6.42 Å². The maximum Gasteiger partial charge on any atom is 0.472 e. The third-order valence-electron chi connectivity index (χ3n) is 8.67. The summed E-state index contributed by atoms with van der Waals surface area (Å²) in [5, 5.41) is 0. The summed E-state index contributed by atoms with van der Waals surface area (Å²) in [5.74, 6) is -0.335. The second-order valence-corrected chi connectivity index (χ2v) is 16.2. The van der Waals surface area contributed by atoms with Gasteiger partial charge in [-0.15, -0.1) is 0 Å². The van der Waals surface area contributed by atoms with Crippen molar-refractivity contribution in [2.24, 2.45) is 0 Å². The Kier molecular flexibility index (Phi) is 32.6. The third-order valence-corrected chi connectivity index (χ3v) is 9.66. The van der Waals surface area contributed by atoms with Crippen molar-refractivity contribution in [3.05, 3.63) is 12.3 Å². The van der Waals surface area contributed by atoms with Gasteiger partial charge in [0.15, 0.2) is 6.10 Å². The van der Waals surface area contributed by atoms with Gasteiger partial charge in [-0.3, -0.25) is 13.8 Å². The molecule has 0 heterocycles. The summed E-state index contributed by atoms with van der Waals surface area (Å²) in [7, 11) is 1.64. The molecule has 286 valence electrons. The van der Waals surface area contributed by atoms with E-state index in [0.717, 1.165) is 32.1 Å². The van der Waals surface area contributed by atoms with Crippen LogP contribution in [0, 0.1) is 0 Å². The number of unbranched alkanes of at least 4 members (excludes halogenated alkanes) is 23. The fraction of sp³-hybridized carbons (Fsp3) is 0.923. The van der Waals surface area contributed by atoms with Crippen LogP contribution in [0.15, 0.2) is 12.3 Å². The van der Waals surface area contributed by atoms with Crippen LogP contribution in [0.5, 0.6) is 0 Å². The molecule has 0 aromatic heterocycles. The Morgan fingerprint density at radius 2 is 1.08 bits per heavy atom. The lowest BCUT2D eigenvalue weighted by molar-refractivity contribution is -0.870. The molecule has 0 spiro atoms. The van der Waals surface area contributed by atoms with E-state index in [-0.39, 0.29) is 25.8 Å². The maximum atomic E-state index is 12.6. The first-order valence-corrected chi connectivity index (χ1v) is 21.5. The minimum atomic E-state index is -4.28. The van der Waals surface area contributed by atoms with E-state index in [1.54, 1.807) is 6.26 Å². The molecule has 0 aliphatic rings. The van der Waals surface area contributed by atoms with Crippen molar-refractivity contribution in [3.8, 4) is 0 Å². The van der Waals surface area contributed by atoms with Crippen molar-refractivity contribution in [1.82, 2.24) is 0 Å². The van der Waals surface area contributed by atoms with Crippen molar-refractivity contribution in [2.45, 2.75) is 187 Å². The van der Waals surface area contributed by atoms with Crippen LogP contribution in [0.2, 0.25) is 0 Å². The van der Waals surface area contributed by atoms with Crippen molar-refractivity contribution in [3.63, 3.8) is 0 Å². The predicted molar refractivity (Wildman–Crippen MR) is 201 cm³/mol. The number of hydrogen-bond acceptors (Lipinski definition) is 6. The van der Waals surface area contributed by atoms with Crippen molar-refractivity contribution >= 4 is 13.8 Å². The second kappa shape index (κ2) is 33.2. The summed E-state index contributed by atoms with van der Waals surface area (Å²) >= 11 is 0. The summed E-state index contributed by atoms with van der Waals surface area (Å²) in [6, 6.07) is 0. The van der Waals surface area contributed by atoms with Gasteiger partial charge in [-0.2, -0.15) is 0 Å². The van der Waals surface area contributed by atoms with E-state index in [9.17, 15) is 14.3 Å². The molecular formula is C39H79NO7P+. The number of likely N-dealkylation sites (N-methyl/N-ethyl adjacent to an activating group) is 1. The van der Waals surface area contributed by atoms with Crippen LogP contribution in [0.25, 0.3) is 0 Å². The fourth-order valence-electron chi connectivity index (χ4n) is 5.52. The molecule has 0 radical (unpaired) electrons. The first kappa shape index (κ1) is 47.1. The van der Waals surface area contributed by atoms with Crippen LogP contribution in [0.1, 0.15) is 181 Å². The Morgan fingerprint density at radius 3 is 1.54 bits per heavy atom. The van der Waals surface area contributed by atoms with E-state index >= 15 is 0 Å². The van der Waals surface area contributed by atoms with E-state index in [1.807, 2.05) is 27.2 Å². The number of phosphoric ester groups is 1. The molecule has 0 fully saturated rings. The van der Waals surface area contributed by atoms with E-state index < -0.39 is 13.9 Å². The van der Waals surface area contributed by atoms with Crippen LogP contribution < -0.4 is 0 Å². The predicted octanol–water partition coefficient (Wildman–Crippen LogP) is 11.5. The average molecular weight is 705 g/mol. The van der Waals surface area contributed by atoms with E-state index in [0.29, 0.717) is 17.4 Å². The molecule has 0 bridgehead atoms. The highest BCUT2D eigenvalue weighted by Gasteiger charge is 2.26. The lowest BCUT2D eigenvalue weighted by Crippen LogP contribution is -2.37. The topological polar surface area (TPSA) is 91.3 Å². The van der Waals surface area contributed by atoms with Crippen LogP contribution in [-0.4, -0.2) is 69.0 Å². The van der Waals surface area contributed by atoms with Gasteiger partial charge in [0.1, 0.15) is 19.8 Å². The zero-order valence-corrected chi connectivity index (χ0v) is 33.1. The Hall–Kier alpha value is -0.920. The van der Waals surface area contributed by atoms with Crippen LogP contribution in [0.3, 0.4) is 0 Å². The molecule has 9 heteroatoms. The summed E-state index contributed by atoms with van der Waals surface area (Å²) in [4.78, 5) is 22.7. The highest BCUT2D eigenvalue weighted by Crippen LogP contribution is 2.43. The minimum Gasteiger partial charge on any atom is -0.498 e. The van der Waals surface area contributed by atoms with Crippen LogP contribution in [-0.2, 0) is 27.9 Å². The molecule has 48 heavy (non-hydrogen) atoms. The molecule has 1 N–H and O–H groups in total. The SMILES string of the molecule is CCCCCCCCCCCCCC/C=C\OC[C@H](COP(=O)(O)OCC[N+](C)(C)C)OC(=O)CCCCCCCCCCCCCC. The fourth-order valence-corrected chi connectivity index (χ4v) is 6.26. The molecule has 0 amide bonds. The first-order chi connectivity index (χ1) is 23.1. The first-order valence-electron chi connectivity index (χ1n) is 20.0. The van der Waals surface area contributed by atoms with Crippen molar-refractivity contribution in [2.75, 3.05) is 47.5 Å². The maximum absolute atomic E-state index is 12.6. The second-order valence-electron chi connectivity index (χ2n) is 14.7. The van der Waals surface area contributed by atoms with Crippen LogP contribution >= 0.6 is 7.82 Å². The Bertz CT molecular complexity index is 787. The number of hydrogen-bond donors (Lipinski definition) is 1. The number of carbonyl (C=O) groups is 1. The van der Waals surface area contributed by atoms with Gasteiger partial charge in [-0.1, -0.05) is 155 Å². The number of phosphoric acid groups is 1. The van der Waals surface area contributed by atoms with Gasteiger partial charge >= 0.3 is 13.8 Å². The number of quaternary nitrogens is 1. The molecule has 0 saturated carbocycles. The van der Waals surface area contributed by atoms with Gasteiger partial charge in [-0.05, 0) is 25.3 Å². The Balaban J connectivity index is 4.32. The van der Waals surface area contributed by atoms with E-state index in [1.165, 1.54) is 128 Å². The van der Waals surface area contributed by atoms with Gasteiger partial charge < -0.3 is 18.9 Å². The number of esters is 1. The smallest absolute Gasteiger partial charge is 0.472 e. The van der Waals surface area contributed by atoms with Gasteiger partial charge in [0.05, 0.1) is 34.0 Å². The summed E-state index contributed by atoms with van der Waals surface area (Å²) in [5.41, 5.74) is 0. The van der Waals surface area contributed by atoms with Crippen molar-refractivity contribution in [1.29, 1.82) is 0 Å². The Labute approximate surface area is 297 Å². The zero-order chi connectivity index (χ0) is 35.6. The molecule has 8 nitrogen and oxygen atoms in total. The standard InChI is InChI=1S/C39H78NO7P/c1-6-8-10-12-14-16-18-20-21-23-25-27-29-31-34-44-36-38(37-46-48(42,43)45-35-33-40(3,4)5)47-39(41)32-30-28-26-24-22-19-17-15-13-11-9-7-2/h31,34,38H,6-30,32-33,35-37H2,1-5H3/p+1/b34-31-/t38-/m1/s1. The third kappa shape index (κ3) is 36.4.